The van der Waals surface area contributed by atoms with Crippen molar-refractivity contribution < 1.29 is 27.5 Å². The van der Waals surface area contributed by atoms with Crippen LogP contribution in [0.3, 0.4) is 0 Å². The number of benzene rings is 3. The Morgan fingerprint density at radius 1 is 1.00 bits per heavy atom. The molecule has 1 aliphatic rings. The topological polar surface area (TPSA) is 101 Å². The van der Waals surface area contributed by atoms with E-state index in [-0.39, 0.29) is 22.8 Å². The first-order valence-electron chi connectivity index (χ1n) is 11.1. The first-order valence-corrected chi connectivity index (χ1v) is 12.9. The summed E-state index contributed by atoms with van der Waals surface area (Å²) in [6.45, 7) is 2.94. The number of carbonyl (C=O) groups is 3. The number of hydrogen-bond acceptors (Lipinski definition) is 6. The minimum atomic E-state index is -4.21. The molecule has 3 aromatic carbocycles. The second-order valence-electron chi connectivity index (χ2n) is 8.25. The van der Waals surface area contributed by atoms with Crippen LogP contribution in [0.5, 0.6) is 5.75 Å². The molecule has 2 atom stereocenters. The molecule has 0 aliphatic carbocycles. The van der Waals surface area contributed by atoms with Crippen molar-refractivity contribution in [1.29, 1.82) is 0 Å². The van der Waals surface area contributed by atoms with E-state index in [1.165, 1.54) is 55.5 Å². The van der Waals surface area contributed by atoms with Gasteiger partial charge in [0.25, 0.3) is 5.91 Å². The van der Waals surface area contributed by atoms with Crippen molar-refractivity contribution in [2.45, 2.75) is 37.2 Å². The summed E-state index contributed by atoms with van der Waals surface area (Å²) < 4.78 is 33.8. The van der Waals surface area contributed by atoms with Crippen molar-refractivity contribution >= 4 is 45.1 Å². The molecule has 1 saturated heterocycles. The largest absolute Gasteiger partial charge is 0.427 e. The highest BCUT2D eigenvalue weighted by Crippen LogP contribution is 2.36. The van der Waals surface area contributed by atoms with Gasteiger partial charge < -0.3 is 4.74 Å². The molecule has 186 valence electrons. The number of anilines is 1. The van der Waals surface area contributed by atoms with Gasteiger partial charge in [-0.1, -0.05) is 41.9 Å². The van der Waals surface area contributed by atoms with Crippen LogP contribution in [0.2, 0.25) is 5.02 Å². The standard InChI is InChI=1S/C26H23ClN2O6S/c1-17(19-6-4-3-5-7-19)29(36(33,34)23-14-8-20(27)9-15-23)24-16-25(31)28(26(24)32)21-10-12-22(13-11-21)35-18(2)30/h3-15,17,24H,16H2,1-2H3. The summed E-state index contributed by atoms with van der Waals surface area (Å²) >= 11 is 5.95. The summed E-state index contributed by atoms with van der Waals surface area (Å²) in [7, 11) is -4.21. The normalized spacial score (nSPS) is 16.9. The van der Waals surface area contributed by atoms with E-state index in [1.807, 2.05) is 0 Å². The third-order valence-electron chi connectivity index (χ3n) is 5.84. The van der Waals surface area contributed by atoms with Crippen LogP contribution in [0, 0.1) is 0 Å². The van der Waals surface area contributed by atoms with Gasteiger partial charge >= 0.3 is 5.97 Å². The smallest absolute Gasteiger partial charge is 0.308 e. The van der Waals surface area contributed by atoms with Crippen molar-refractivity contribution in [3.05, 3.63) is 89.4 Å². The maximum absolute atomic E-state index is 13.8. The summed E-state index contributed by atoms with van der Waals surface area (Å²) in [5.41, 5.74) is 0.916. The molecule has 2 unspecified atom stereocenters. The van der Waals surface area contributed by atoms with Crippen molar-refractivity contribution in [3.8, 4) is 5.75 Å². The Bertz CT molecular complexity index is 1390. The molecule has 0 saturated carbocycles. The molecule has 0 radical (unpaired) electrons. The van der Waals surface area contributed by atoms with Crippen molar-refractivity contribution in [2.75, 3.05) is 4.90 Å². The Balaban J connectivity index is 1.74. The molecular weight excluding hydrogens is 504 g/mol. The van der Waals surface area contributed by atoms with E-state index in [2.05, 4.69) is 0 Å². The van der Waals surface area contributed by atoms with Crippen LogP contribution in [0.15, 0.2) is 83.8 Å². The first-order chi connectivity index (χ1) is 17.1. The number of rotatable bonds is 7. The molecule has 3 aromatic rings. The average molecular weight is 527 g/mol. The SMILES string of the molecule is CC(=O)Oc1ccc(N2C(=O)CC(N(C(C)c3ccccc3)S(=O)(=O)c3ccc(Cl)cc3)C2=O)cc1. The molecule has 10 heteroatoms. The average Bonchev–Trinajstić information content (AvgIpc) is 3.13. The maximum atomic E-state index is 13.8. The molecular formula is C26H23ClN2O6S. The Morgan fingerprint density at radius 2 is 1.61 bits per heavy atom. The molecule has 1 aliphatic heterocycles. The molecule has 2 amide bonds. The molecule has 0 bridgehead atoms. The van der Waals surface area contributed by atoms with Gasteiger partial charge in [0.1, 0.15) is 11.8 Å². The van der Waals surface area contributed by atoms with Crippen molar-refractivity contribution in [2.24, 2.45) is 0 Å². The highest BCUT2D eigenvalue weighted by atomic mass is 35.5. The third-order valence-corrected chi connectivity index (χ3v) is 8.08. The summed E-state index contributed by atoms with van der Waals surface area (Å²) in [6.07, 6.45) is -0.325. The summed E-state index contributed by atoms with van der Waals surface area (Å²) in [5, 5.41) is 0.368. The van der Waals surface area contributed by atoms with Gasteiger partial charge in [-0.05, 0) is 61.0 Å². The Hall–Kier alpha value is -3.53. The number of hydrogen-bond donors (Lipinski definition) is 0. The Labute approximate surface area is 214 Å². The van der Waals surface area contributed by atoms with Crippen molar-refractivity contribution in [3.63, 3.8) is 0 Å². The first kappa shape index (κ1) is 25.6. The van der Waals surface area contributed by atoms with Gasteiger partial charge in [-0.25, -0.2) is 13.3 Å². The molecule has 8 nitrogen and oxygen atoms in total. The number of sulfonamides is 1. The fraction of sp³-hybridized carbons (Fsp3) is 0.192. The Kier molecular flexibility index (Phi) is 7.26. The van der Waals surface area contributed by atoms with Gasteiger partial charge in [0.2, 0.25) is 15.9 Å². The summed E-state index contributed by atoms with van der Waals surface area (Å²) in [4.78, 5) is 38.7. The second kappa shape index (κ2) is 10.2. The lowest BCUT2D eigenvalue weighted by atomic mass is 10.1. The number of esters is 1. The van der Waals surface area contributed by atoms with Gasteiger partial charge in [0.05, 0.1) is 17.0 Å². The maximum Gasteiger partial charge on any atom is 0.308 e. The quantitative estimate of drug-likeness (QED) is 0.258. The van der Waals surface area contributed by atoms with Crippen LogP contribution in [0.4, 0.5) is 5.69 Å². The van der Waals surface area contributed by atoms with Crippen LogP contribution in [0.25, 0.3) is 0 Å². The molecule has 1 fully saturated rings. The van der Waals surface area contributed by atoms with E-state index in [1.54, 1.807) is 37.3 Å². The third kappa shape index (κ3) is 5.04. The van der Waals surface area contributed by atoms with E-state index in [9.17, 15) is 22.8 Å². The zero-order chi connectivity index (χ0) is 26.0. The molecule has 0 spiro atoms. The zero-order valence-electron chi connectivity index (χ0n) is 19.5. The lowest BCUT2D eigenvalue weighted by Crippen LogP contribution is -2.46. The van der Waals surface area contributed by atoms with Gasteiger partial charge in [0, 0.05) is 18.0 Å². The van der Waals surface area contributed by atoms with Gasteiger partial charge in [-0.3, -0.25) is 14.4 Å². The second-order valence-corrected chi connectivity index (χ2v) is 10.5. The summed E-state index contributed by atoms with van der Waals surface area (Å²) in [5.74, 6) is -1.46. The van der Waals surface area contributed by atoms with E-state index in [0.717, 1.165) is 9.21 Å². The van der Waals surface area contributed by atoms with Crippen LogP contribution < -0.4 is 9.64 Å². The lowest BCUT2D eigenvalue weighted by Gasteiger charge is -2.32. The highest BCUT2D eigenvalue weighted by Gasteiger charge is 2.48. The Morgan fingerprint density at radius 3 is 2.19 bits per heavy atom. The zero-order valence-corrected chi connectivity index (χ0v) is 21.1. The molecule has 4 rings (SSSR count). The number of halogens is 1. The van der Waals surface area contributed by atoms with Crippen LogP contribution >= 0.6 is 11.6 Å². The predicted octanol–water partition coefficient (Wildman–Crippen LogP) is 4.35. The molecule has 0 N–H and O–H groups in total. The predicted molar refractivity (Wildman–Crippen MR) is 134 cm³/mol. The lowest BCUT2D eigenvalue weighted by molar-refractivity contribution is -0.132. The molecule has 36 heavy (non-hydrogen) atoms. The minimum Gasteiger partial charge on any atom is -0.427 e. The van der Waals surface area contributed by atoms with Crippen LogP contribution in [-0.2, 0) is 24.4 Å². The van der Waals surface area contributed by atoms with Crippen molar-refractivity contribution in [1.82, 2.24) is 4.31 Å². The van der Waals surface area contributed by atoms with Gasteiger partial charge in [-0.2, -0.15) is 4.31 Å². The number of carbonyl (C=O) groups excluding carboxylic acids is 3. The van der Waals surface area contributed by atoms with Crippen LogP contribution in [0.1, 0.15) is 31.9 Å². The monoisotopic (exact) mass is 526 g/mol. The highest BCUT2D eigenvalue weighted by molar-refractivity contribution is 7.89. The van der Waals surface area contributed by atoms with E-state index in [0.29, 0.717) is 10.6 Å². The number of imide groups is 1. The minimum absolute atomic E-state index is 0.0425. The fourth-order valence-electron chi connectivity index (χ4n) is 4.17. The number of amides is 2. The van der Waals surface area contributed by atoms with E-state index < -0.39 is 39.9 Å². The summed E-state index contributed by atoms with van der Waals surface area (Å²) in [6, 6.07) is 18.4. The number of ether oxygens (including phenoxy) is 1. The van der Waals surface area contributed by atoms with Gasteiger partial charge in [-0.15, -0.1) is 0 Å². The van der Waals surface area contributed by atoms with E-state index in [4.69, 9.17) is 16.3 Å². The van der Waals surface area contributed by atoms with Gasteiger partial charge in [0.15, 0.2) is 0 Å². The molecule has 0 aromatic heterocycles. The fourth-order valence-corrected chi connectivity index (χ4v) is 6.05. The number of nitrogens with zero attached hydrogens (tertiary/aromatic N) is 2. The van der Waals surface area contributed by atoms with Crippen LogP contribution in [-0.4, -0.2) is 36.5 Å². The molecule has 1 heterocycles. The van der Waals surface area contributed by atoms with E-state index >= 15 is 0 Å².